The quantitative estimate of drug-likeness (QED) is 0.761. The molecule has 1 saturated heterocycles. The predicted octanol–water partition coefficient (Wildman–Crippen LogP) is 3.32. The van der Waals surface area contributed by atoms with Gasteiger partial charge in [-0.1, -0.05) is 18.2 Å². The molecule has 118 valence electrons. The highest BCUT2D eigenvalue weighted by Gasteiger charge is 2.12. The van der Waals surface area contributed by atoms with Crippen molar-refractivity contribution in [2.24, 2.45) is 0 Å². The minimum Gasteiger partial charge on any atom is -0.497 e. The third-order valence-electron chi connectivity index (χ3n) is 3.83. The Morgan fingerprint density at radius 3 is 2.64 bits per heavy atom. The van der Waals surface area contributed by atoms with E-state index >= 15 is 0 Å². The molecule has 3 rings (SSSR count). The van der Waals surface area contributed by atoms with Crippen molar-refractivity contribution in [1.82, 2.24) is 15.1 Å². The molecule has 1 fully saturated rings. The summed E-state index contributed by atoms with van der Waals surface area (Å²) >= 11 is 1.63. The second kappa shape index (κ2) is 7.65. The first-order valence-corrected chi connectivity index (χ1v) is 8.67. The number of piperidine rings is 1. The number of thioether (sulfide) groups is 1. The number of benzene rings is 1. The van der Waals surface area contributed by atoms with Crippen LogP contribution in [-0.4, -0.2) is 47.6 Å². The fourth-order valence-corrected chi connectivity index (χ4v) is 3.32. The maximum absolute atomic E-state index is 5.71. The van der Waals surface area contributed by atoms with Crippen molar-refractivity contribution < 1.29 is 9.15 Å². The summed E-state index contributed by atoms with van der Waals surface area (Å²) in [4.78, 5) is 2.51. The Labute approximate surface area is 135 Å². The molecule has 1 aromatic heterocycles. The van der Waals surface area contributed by atoms with Gasteiger partial charge in [0.2, 0.25) is 5.89 Å². The van der Waals surface area contributed by atoms with Crippen LogP contribution in [0.25, 0.3) is 11.5 Å². The fourth-order valence-electron chi connectivity index (χ4n) is 2.56. The minimum atomic E-state index is 0.558. The maximum atomic E-state index is 5.71. The van der Waals surface area contributed by atoms with E-state index in [4.69, 9.17) is 9.15 Å². The topological polar surface area (TPSA) is 51.4 Å². The van der Waals surface area contributed by atoms with Crippen molar-refractivity contribution in [3.8, 4) is 17.2 Å². The summed E-state index contributed by atoms with van der Waals surface area (Å²) in [6.07, 6.45) is 4.03. The zero-order valence-corrected chi connectivity index (χ0v) is 13.6. The molecule has 0 N–H and O–H groups in total. The Balaban J connectivity index is 1.51. The normalized spacial score (nSPS) is 15.9. The van der Waals surface area contributed by atoms with Crippen molar-refractivity contribution in [3.63, 3.8) is 0 Å². The number of rotatable bonds is 6. The van der Waals surface area contributed by atoms with E-state index < -0.39 is 0 Å². The van der Waals surface area contributed by atoms with Crippen molar-refractivity contribution >= 4 is 11.8 Å². The Hall–Kier alpha value is -1.53. The molecule has 2 heterocycles. The average Bonchev–Trinajstić information content (AvgIpc) is 3.05. The van der Waals surface area contributed by atoms with Gasteiger partial charge in [0.15, 0.2) is 0 Å². The summed E-state index contributed by atoms with van der Waals surface area (Å²) in [7, 11) is 1.65. The maximum Gasteiger partial charge on any atom is 0.276 e. The average molecular weight is 319 g/mol. The molecule has 0 radical (unpaired) electrons. The van der Waals surface area contributed by atoms with E-state index in [9.17, 15) is 0 Å². The molecular weight excluding hydrogens is 298 g/mol. The first-order chi connectivity index (χ1) is 10.8. The number of ether oxygens (including phenoxy) is 1. The second-order valence-electron chi connectivity index (χ2n) is 5.35. The van der Waals surface area contributed by atoms with Crippen LogP contribution < -0.4 is 4.74 Å². The molecule has 1 aliphatic rings. The Kier molecular flexibility index (Phi) is 5.34. The molecule has 0 amide bonds. The van der Waals surface area contributed by atoms with Gasteiger partial charge < -0.3 is 14.1 Å². The number of aromatic nitrogens is 2. The van der Waals surface area contributed by atoms with Gasteiger partial charge in [0, 0.05) is 17.9 Å². The lowest BCUT2D eigenvalue weighted by Crippen LogP contribution is -2.31. The molecule has 0 spiro atoms. The predicted molar refractivity (Wildman–Crippen MR) is 87.3 cm³/mol. The van der Waals surface area contributed by atoms with E-state index in [-0.39, 0.29) is 0 Å². The largest absolute Gasteiger partial charge is 0.497 e. The minimum absolute atomic E-state index is 0.558. The Morgan fingerprint density at radius 2 is 1.91 bits per heavy atom. The molecule has 5 nitrogen and oxygen atoms in total. The standard InChI is InChI=1S/C16H21N3O2S/c1-20-14-7-5-13(6-8-14)15-17-18-16(21-15)22-12-11-19-9-3-2-4-10-19/h5-8H,2-4,9-12H2,1H3. The third-order valence-corrected chi connectivity index (χ3v) is 4.62. The zero-order chi connectivity index (χ0) is 15.2. The van der Waals surface area contributed by atoms with Gasteiger partial charge in [0.05, 0.1) is 7.11 Å². The van der Waals surface area contributed by atoms with Crippen LogP contribution in [0.1, 0.15) is 19.3 Å². The van der Waals surface area contributed by atoms with Gasteiger partial charge in [0.25, 0.3) is 5.22 Å². The van der Waals surface area contributed by atoms with E-state index in [1.165, 1.54) is 32.4 Å². The van der Waals surface area contributed by atoms with Crippen molar-refractivity contribution in [2.45, 2.75) is 24.5 Å². The monoisotopic (exact) mass is 319 g/mol. The fraction of sp³-hybridized carbons (Fsp3) is 0.500. The molecule has 0 aliphatic carbocycles. The van der Waals surface area contributed by atoms with Gasteiger partial charge in [-0.15, -0.1) is 10.2 Å². The van der Waals surface area contributed by atoms with E-state index in [2.05, 4.69) is 15.1 Å². The van der Waals surface area contributed by atoms with Crippen LogP contribution in [0.4, 0.5) is 0 Å². The molecule has 0 atom stereocenters. The summed E-state index contributed by atoms with van der Waals surface area (Å²) < 4.78 is 10.9. The summed E-state index contributed by atoms with van der Waals surface area (Å²) in [5, 5.41) is 8.87. The van der Waals surface area contributed by atoms with Gasteiger partial charge in [-0.25, -0.2) is 0 Å². The van der Waals surface area contributed by atoms with E-state index in [0.717, 1.165) is 23.6 Å². The number of methoxy groups -OCH3 is 1. The van der Waals surface area contributed by atoms with Crippen LogP contribution in [0.3, 0.4) is 0 Å². The summed E-state index contributed by atoms with van der Waals surface area (Å²) in [6, 6.07) is 7.63. The first-order valence-electron chi connectivity index (χ1n) is 7.68. The number of hydrogen-bond acceptors (Lipinski definition) is 6. The Bertz CT molecular complexity index is 579. The van der Waals surface area contributed by atoms with Gasteiger partial charge in [-0.2, -0.15) is 0 Å². The lowest BCUT2D eigenvalue weighted by molar-refractivity contribution is 0.242. The second-order valence-corrected chi connectivity index (χ2v) is 6.40. The van der Waals surface area contributed by atoms with Crippen LogP contribution in [0.5, 0.6) is 5.75 Å². The molecule has 1 aliphatic heterocycles. The summed E-state index contributed by atoms with van der Waals surface area (Å²) in [6.45, 7) is 3.54. The van der Waals surface area contributed by atoms with Crippen LogP contribution >= 0.6 is 11.8 Å². The summed E-state index contributed by atoms with van der Waals surface area (Å²) in [5.41, 5.74) is 0.913. The number of nitrogens with zero attached hydrogens (tertiary/aromatic N) is 3. The molecule has 22 heavy (non-hydrogen) atoms. The van der Waals surface area contributed by atoms with Gasteiger partial charge >= 0.3 is 0 Å². The highest BCUT2D eigenvalue weighted by molar-refractivity contribution is 7.99. The first kappa shape index (κ1) is 15.4. The summed E-state index contributed by atoms with van der Waals surface area (Å²) in [5.74, 6) is 2.37. The molecule has 1 aromatic carbocycles. The molecule has 0 saturated carbocycles. The van der Waals surface area contributed by atoms with E-state index in [1.807, 2.05) is 24.3 Å². The number of hydrogen-bond donors (Lipinski definition) is 0. The van der Waals surface area contributed by atoms with Crippen LogP contribution in [-0.2, 0) is 0 Å². The van der Waals surface area contributed by atoms with Gasteiger partial charge in [-0.3, -0.25) is 0 Å². The van der Waals surface area contributed by atoms with Gasteiger partial charge in [-0.05, 0) is 50.2 Å². The van der Waals surface area contributed by atoms with Crippen molar-refractivity contribution in [2.75, 3.05) is 32.5 Å². The molecule has 6 heteroatoms. The third kappa shape index (κ3) is 4.01. The molecular formula is C16H21N3O2S. The lowest BCUT2D eigenvalue weighted by Gasteiger charge is -2.25. The van der Waals surface area contributed by atoms with Crippen molar-refractivity contribution in [1.29, 1.82) is 0 Å². The number of likely N-dealkylation sites (tertiary alicyclic amines) is 1. The smallest absolute Gasteiger partial charge is 0.276 e. The zero-order valence-electron chi connectivity index (χ0n) is 12.8. The van der Waals surface area contributed by atoms with E-state index in [1.54, 1.807) is 18.9 Å². The molecule has 0 bridgehead atoms. The van der Waals surface area contributed by atoms with Crippen LogP contribution in [0.15, 0.2) is 33.9 Å². The van der Waals surface area contributed by atoms with Crippen LogP contribution in [0.2, 0.25) is 0 Å². The molecule has 0 unspecified atom stereocenters. The van der Waals surface area contributed by atoms with Gasteiger partial charge in [0.1, 0.15) is 5.75 Å². The highest BCUT2D eigenvalue weighted by atomic mass is 32.2. The SMILES string of the molecule is COc1ccc(-c2nnc(SCCN3CCCCC3)o2)cc1. The molecule has 2 aromatic rings. The highest BCUT2D eigenvalue weighted by Crippen LogP contribution is 2.25. The van der Waals surface area contributed by atoms with E-state index in [0.29, 0.717) is 11.1 Å². The van der Waals surface area contributed by atoms with Crippen LogP contribution in [0, 0.1) is 0 Å². The lowest BCUT2D eigenvalue weighted by atomic mass is 10.1. The van der Waals surface area contributed by atoms with Crippen molar-refractivity contribution in [3.05, 3.63) is 24.3 Å². The Morgan fingerprint density at radius 1 is 1.14 bits per heavy atom.